The Kier molecular flexibility index (Phi) is 6.82. The van der Waals surface area contributed by atoms with Gasteiger partial charge >= 0.3 is 0 Å². The summed E-state index contributed by atoms with van der Waals surface area (Å²) < 4.78 is 0. The second-order valence-electron chi connectivity index (χ2n) is 7.30. The largest absolute Gasteiger partial charge is 0.304 e. The van der Waals surface area contributed by atoms with Crippen LogP contribution in [0.15, 0.2) is 126 Å². The second-order valence-corrected chi connectivity index (χ2v) is 7.30. The van der Waals surface area contributed by atoms with Gasteiger partial charge in [-0.15, -0.1) is 0 Å². The zero-order valence-electron chi connectivity index (χ0n) is 16.9. The van der Waals surface area contributed by atoms with E-state index < -0.39 is 0 Å². The van der Waals surface area contributed by atoms with Gasteiger partial charge in [0.15, 0.2) is 0 Å². The number of hydrogen-bond donors (Lipinski definition) is 1. The topological polar surface area (TPSA) is 24.4 Å². The molecular weight excluding hydrogens is 364 g/mol. The van der Waals surface area contributed by atoms with Gasteiger partial charge < -0.3 is 5.32 Å². The molecule has 0 bridgehead atoms. The molecule has 2 heteroatoms. The number of benzene rings is 4. The van der Waals surface area contributed by atoms with Crippen LogP contribution in [-0.2, 0) is 6.54 Å². The van der Waals surface area contributed by atoms with E-state index in [-0.39, 0.29) is 12.1 Å². The molecule has 2 atom stereocenters. The predicted molar refractivity (Wildman–Crippen MR) is 126 cm³/mol. The van der Waals surface area contributed by atoms with Crippen molar-refractivity contribution < 1.29 is 0 Å². The smallest absolute Gasteiger partial charge is 0.0943 e. The Balaban J connectivity index is 1.69. The minimum Gasteiger partial charge on any atom is -0.304 e. The van der Waals surface area contributed by atoms with E-state index in [1.165, 1.54) is 16.7 Å². The first kappa shape index (κ1) is 19.8. The number of hydrogen-bond acceptors (Lipinski definition) is 2. The number of aliphatic imine (C=N–C) groups is 1. The lowest BCUT2D eigenvalue weighted by atomic mass is 9.93. The van der Waals surface area contributed by atoms with Crippen molar-refractivity contribution in [2.45, 2.75) is 18.6 Å². The van der Waals surface area contributed by atoms with Gasteiger partial charge in [-0.2, -0.15) is 0 Å². The number of nitrogens with one attached hydrogen (secondary N) is 1. The van der Waals surface area contributed by atoms with Crippen molar-refractivity contribution in [3.8, 4) is 0 Å². The van der Waals surface area contributed by atoms with E-state index in [2.05, 4.69) is 108 Å². The van der Waals surface area contributed by atoms with Crippen molar-refractivity contribution in [2.75, 3.05) is 0 Å². The van der Waals surface area contributed by atoms with Crippen LogP contribution < -0.4 is 5.32 Å². The zero-order valence-corrected chi connectivity index (χ0v) is 16.9. The fourth-order valence-electron chi connectivity index (χ4n) is 3.62. The molecule has 0 spiro atoms. The Bertz CT molecular complexity index is 1030. The van der Waals surface area contributed by atoms with E-state index >= 15 is 0 Å². The van der Waals surface area contributed by atoms with Crippen LogP contribution in [0.2, 0.25) is 0 Å². The van der Waals surface area contributed by atoms with Gasteiger partial charge in [-0.3, -0.25) is 4.99 Å². The van der Waals surface area contributed by atoms with Crippen molar-refractivity contribution in [1.82, 2.24) is 5.32 Å². The van der Waals surface area contributed by atoms with Crippen molar-refractivity contribution >= 4 is 6.21 Å². The van der Waals surface area contributed by atoms with E-state index in [1.807, 2.05) is 24.4 Å². The third kappa shape index (κ3) is 5.31. The molecule has 0 fully saturated rings. The molecule has 0 aliphatic rings. The van der Waals surface area contributed by atoms with Crippen LogP contribution in [0.25, 0.3) is 0 Å². The van der Waals surface area contributed by atoms with Crippen LogP contribution in [0.1, 0.15) is 34.3 Å². The molecule has 4 aromatic carbocycles. The summed E-state index contributed by atoms with van der Waals surface area (Å²) in [5, 5.41) is 3.77. The monoisotopic (exact) mass is 390 g/mol. The van der Waals surface area contributed by atoms with Gasteiger partial charge in [0.1, 0.15) is 0 Å². The minimum atomic E-state index is -0.0440. The molecule has 0 saturated heterocycles. The van der Waals surface area contributed by atoms with Crippen molar-refractivity contribution in [1.29, 1.82) is 0 Å². The van der Waals surface area contributed by atoms with E-state index in [4.69, 9.17) is 4.99 Å². The van der Waals surface area contributed by atoms with Gasteiger partial charge in [0.25, 0.3) is 0 Å². The highest BCUT2D eigenvalue weighted by Crippen LogP contribution is 2.32. The summed E-state index contributed by atoms with van der Waals surface area (Å²) in [7, 11) is 0. The summed E-state index contributed by atoms with van der Waals surface area (Å²) in [6.45, 7) is 0.782. The normalized spacial score (nSPS) is 13.2. The lowest BCUT2D eigenvalue weighted by Crippen LogP contribution is -2.26. The van der Waals surface area contributed by atoms with Gasteiger partial charge in [-0.25, -0.2) is 0 Å². The molecule has 0 heterocycles. The second kappa shape index (κ2) is 10.3. The standard InChI is InChI=1S/C28H26N2/c1-5-13-23(14-6-1)21-29-27(25-17-9-3-10-18-25)28(26-19-11-4-12-20-26)30-22-24-15-7-2-8-16-24/h1-21,27-28,30H,22H2/t27-,28+/m0/s1. The molecule has 4 rings (SSSR count). The van der Waals surface area contributed by atoms with Crippen LogP contribution in [0.5, 0.6) is 0 Å². The van der Waals surface area contributed by atoms with Crippen LogP contribution in [0, 0.1) is 0 Å². The maximum atomic E-state index is 5.07. The summed E-state index contributed by atoms with van der Waals surface area (Å²) in [5.41, 5.74) is 4.79. The van der Waals surface area contributed by atoms with Crippen molar-refractivity contribution in [3.05, 3.63) is 144 Å². The van der Waals surface area contributed by atoms with Gasteiger partial charge in [-0.05, 0) is 22.3 Å². The Hall–Kier alpha value is -3.49. The van der Waals surface area contributed by atoms with Gasteiger partial charge in [0.2, 0.25) is 0 Å². The van der Waals surface area contributed by atoms with E-state index in [0.29, 0.717) is 0 Å². The summed E-state index contributed by atoms with van der Waals surface area (Å²) in [4.78, 5) is 5.07. The molecule has 30 heavy (non-hydrogen) atoms. The summed E-state index contributed by atoms with van der Waals surface area (Å²) in [5.74, 6) is 0. The van der Waals surface area contributed by atoms with Gasteiger partial charge in [0.05, 0.1) is 12.1 Å². The van der Waals surface area contributed by atoms with Crippen LogP contribution >= 0.6 is 0 Å². The maximum absolute atomic E-state index is 5.07. The average molecular weight is 391 g/mol. The lowest BCUT2D eigenvalue weighted by molar-refractivity contribution is 0.455. The molecular formula is C28H26N2. The van der Waals surface area contributed by atoms with E-state index in [0.717, 1.165) is 12.1 Å². The molecule has 2 nitrogen and oxygen atoms in total. The molecule has 1 N–H and O–H groups in total. The SMILES string of the molecule is C(=N[C@@H](c1ccccc1)[C@H](NCc1ccccc1)c1ccccc1)c1ccccc1. The Labute approximate surface area is 179 Å². The quantitative estimate of drug-likeness (QED) is 0.347. The Morgan fingerprint density at radius 2 is 1.10 bits per heavy atom. The number of nitrogens with zero attached hydrogens (tertiary/aromatic N) is 1. The van der Waals surface area contributed by atoms with E-state index in [9.17, 15) is 0 Å². The first-order valence-electron chi connectivity index (χ1n) is 10.4. The molecule has 0 unspecified atom stereocenters. The molecule has 0 saturated carbocycles. The van der Waals surface area contributed by atoms with Crippen LogP contribution in [0.3, 0.4) is 0 Å². The molecule has 148 valence electrons. The highest BCUT2D eigenvalue weighted by molar-refractivity contribution is 5.79. The molecule has 0 aliphatic carbocycles. The lowest BCUT2D eigenvalue weighted by Gasteiger charge is -2.26. The first-order valence-corrected chi connectivity index (χ1v) is 10.4. The minimum absolute atomic E-state index is 0.0440. The Morgan fingerprint density at radius 1 is 0.600 bits per heavy atom. The zero-order chi connectivity index (χ0) is 20.4. The molecule has 0 amide bonds. The summed E-state index contributed by atoms with van der Waals surface area (Å²) in [6.07, 6.45) is 1.98. The molecule has 0 aromatic heterocycles. The number of rotatable bonds is 8. The third-order valence-electron chi connectivity index (χ3n) is 5.17. The summed E-state index contributed by atoms with van der Waals surface area (Å²) in [6, 6.07) is 41.9. The van der Waals surface area contributed by atoms with Gasteiger partial charge in [-0.1, -0.05) is 121 Å². The van der Waals surface area contributed by atoms with Crippen LogP contribution in [-0.4, -0.2) is 6.21 Å². The van der Waals surface area contributed by atoms with Gasteiger partial charge in [0, 0.05) is 12.8 Å². The van der Waals surface area contributed by atoms with Crippen molar-refractivity contribution in [2.24, 2.45) is 4.99 Å². The third-order valence-corrected chi connectivity index (χ3v) is 5.17. The first-order chi connectivity index (χ1) is 14.9. The molecule has 0 radical (unpaired) electrons. The highest BCUT2D eigenvalue weighted by Gasteiger charge is 2.23. The maximum Gasteiger partial charge on any atom is 0.0943 e. The summed E-state index contributed by atoms with van der Waals surface area (Å²) >= 11 is 0. The fraction of sp³-hybridized carbons (Fsp3) is 0.107. The average Bonchev–Trinajstić information content (AvgIpc) is 2.83. The predicted octanol–water partition coefficient (Wildman–Crippen LogP) is 6.38. The molecule has 4 aromatic rings. The fourth-order valence-corrected chi connectivity index (χ4v) is 3.62. The molecule has 0 aliphatic heterocycles. The van der Waals surface area contributed by atoms with E-state index in [1.54, 1.807) is 0 Å². The Morgan fingerprint density at radius 3 is 1.70 bits per heavy atom. The highest BCUT2D eigenvalue weighted by atomic mass is 15.0. The van der Waals surface area contributed by atoms with Crippen molar-refractivity contribution in [3.63, 3.8) is 0 Å². The van der Waals surface area contributed by atoms with Crippen LogP contribution in [0.4, 0.5) is 0 Å².